The summed E-state index contributed by atoms with van der Waals surface area (Å²) in [6.45, 7) is 13.3. The van der Waals surface area contributed by atoms with E-state index < -0.39 is 0 Å². The van der Waals surface area contributed by atoms with Crippen LogP contribution in [0, 0.1) is 0 Å². The predicted molar refractivity (Wildman–Crippen MR) is 73.3 cm³/mol. The van der Waals surface area contributed by atoms with E-state index in [-0.39, 0.29) is 22.6 Å². The van der Waals surface area contributed by atoms with Crippen molar-refractivity contribution < 1.29 is 9.53 Å². The lowest BCUT2D eigenvalue weighted by molar-refractivity contribution is -0.188. The fourth-order valence-corrected chi connectivity index (χ4v) is 2.55. The minimum Gasteiger partial charge on any atom is -0.366 e. The fourth-order valence-electron chi connectivity index (χ4n) is 2.55. The summed E-state index contributed by atoms with van der Waals surface area (Å²) >= 11 is 0. The number of morpholine rings is 1. The maximum Gasteiger partial charge on any atom is 0.222 e. The van der Waals surface area contributed by atoms with Crippen LogP contribution in [0.15, 0.2) is 0 Å². The number of ether oxygens (including phenoxy) is 1. The van der Waals surface area contributed by atoms with Crippen molar-refractivity contribution in [3.63, 3.8) is 0 Å². The normalized spacial score (nSPS) is 22.9. The highest BCUT2D eigenvalue weighted by Gasteiger charge is 2.39. The van der Waals surface area contributed by atoms with E-state index in [1.165, 1.54) is 0 Å². The van der Waals surface area contributed by atoms with E-state index in [1.54, 1.807) is 0 Å². The van der Waals surface area contributed by atoms with Crippen molar-refractivity contribution >= 4 is 5.91 Å². The number of carbonyl (C=O) groups excluding carboxylic acids is 1. The molecule has 0 radical (unpaired) electrons. The maximum absolute atomic E-state index is 12.2. The summed E-state index contributed by atoms with van der Waals surface area (Å²) in [5, 5.41) is 0. The van der Waals surface area contributed by atoms with Crippen molar-refractivity contribution in [2.75, 3.05) is 13.1 Å². The second-order valence-corrected chi connectivity index (χ2v) is 7.36. The number of amides is 1. The molecule has 4 nitrogen and oxygen atoms in total. The first-order chi connectivity index (χ1) is 7.90. The molecule has 1 heterocycles. The molecule has 0 spiro atoms. The molecule has 1 aliphatic heterocycles. The quantitative estimate of drug-likeness (QED) is 0.839. The highest BCUT2D eigenvalue weighted by molar-refractivity contribution is 5.76. The molecule has 106 valence electrons. The van der Waals surface area contributed by atoms with Gasteiger partial charge in [0.2, 0.25) is 5.91 Å². The van der Waals surface area contributed by atoms with Crippen molar-refractivity contribution in [3.8, 4) is 0 Å². The third kappa shape index (κ3) is 4.94. The maximum atomic E-state index is 12.2. The van der Waals surface area contributed by atoms with Crippen LogP contribution in [0.3, 0.4) is 0 Å². The summed E-state index contributed by atoms with van der Waals surface area (Å²) < 4.78 is 5.97. The molecule has 0 aliphatic carbocycles. The Labute approximate surface area is 111 Å². The van der Waals surface area contributed by atoms with Crippen molar-refractivity contribution in [1.29, 1.82) is 0 Å². The Kier molecular flexibility index (Phi) is 4.13. The van der Waals surface area contributed by atoms with Gasteiger partial charge in [-0.05, 0) is 48.0 Å². The van der Waals surface area contributed by atoms with Gasteiger partial charge in [-0.3, -0.25) is 4.79 Å². The van der Waals surface area contributed by atoms with Gasteiger partial charge in [-0.15, -0.1) is 0 Å². The van der Waals surface area contributed by atoms with E-state index in [0.717, 1.165) is 0 Å². The molecule has 0 atom stereocenters. The van der Waals surface area contributed by atoms with E-state index in [2.05, 4.69) is 0 Å². The second-order valence-electron chi connectivity index (χ2n) is 7.36. The molecule has 1 saturated heterocycles. The first kappa shape index (κ1) is 15.4. The molecule has 0 unspecified atom stereocenters. The molecule has 0 saturated carbocycles. The summed E-state index contributed by atoms with van der Waals surface area (Å²) in [4.78, 5) is 14.1. The van der Waals surface area contributed by atoms with E-state index in [1.807, 2.05) is 46.4 Å². The van der Waals surface area contributed by atoms with Crippen molar-refractivity contribution in [2.45, 2.75) is 71.1 Å². The zero-order chi connectivity index (χ0) is 14.2. The van der Waals surface area contributed by atoms with Gasteiger partial charge in [0, 0.05) is 25.0 Å². The summed E-state index contributed by atoms with van der Waals surface area (Å²) in [5.41, 5.74) is 5.08. The van der Waals surface area contributed by atoms with Gasteiger partial charge < -0.3 is 15.4 Å². The SMILES string of the molecule is CC(C)(N)CCC(=O)N1CC(C)(C)OC(C)(C)C1. The first-order valence-electron chi connectivity index (χ1n) is 6.67. The van der Waals surface area contributed by atoms with Gasteiger partial charge in [0.25, 0.3) is 0 Å². The summed E-state index contributed by atoms with van der Waals surface area (Å²) in [7, 11) is 0. The third-order valence-electron chi connectivity index (χ3n) is 3.03. The van der Waals surface area contributed by atoms with Crippen LogP contribution in [-0.2, 0) is 9.53 Å². The van der Waals surface area contributed by atoms with Crippen LogP contribution in [0.4, 0.5) is 0 Å². The average Bonchev–Trinajstić information content (AvgIpc) is 2.07. The van der Waals surface area contributed by atoms with Gasteiger partial charge in [-0.2, -0.15) is 0 Å². The number of nitrogens with two attached hydrogens (primary N) is 1. The fraction of sp³-hybridized carbons (Fsp3) is 0.929. The van der Waals surface area contributed by atoms with Crippen molar-refractivity contribution in [2.24, 2.45) is 5.73 Å². The van der Waals surface area contributed by atoms with E-state index in [4.69, 9.17) is 10.5 Å². The van der Waals surface area contributed by atoms with E-state index >= 15 is 0 Å². The smallest absolute Gasteiger partial charge is 0.222 e. The summed E-state index contributed by atoms with van der Waals surface area (Å²) in [6, 6.07) is 0. The summed E-state index contributed by atoms with van der Waals surface area (Å²) in [5.74, 6) is 0.179. The van der Waals surface area contributed by atoms with Crippen LogP contribution < -0.4 is 5.73 Å². The number of hydrogen-bond donors (Lipinski definition) is 1. The van der Waals surface area contributed by atoms with Crippen molar-refractivity contribution in [1.82, 2.24) is 4.90 Å². The Balaban J connectivity index is 2.63. The molecule has 1 aliphatic rings. The third-order valence-corrected chi connectivity index (χ3v) is 3.03. The monoisotopic (exact) mass is 256 g/mol. The molecule has 0 aromatic rings. The Morgan fingerprint density at radius 3 is 2.06 bits per heavy atom. The van der Waals surface area contributed by atoms with Crippen LogP contribution in [0.2, 0.25) is 0 Å². The average molecular weight is 256 g/mol. The van der Waals surface area contributed by atoms with Crippen LogP contribution in [-0.4, -0.2) is 40.6 Å². The minimum atomic E-state index is -0.285. The standard InChI is InChI=1S/C14H28N2O2/c1-12(2,15)8-7-11(17)16-9-13(3,4)18-14(5,6)10-16/h7-10,15H2,1-6H3. The molecular weight excluding hydrogens is 228 g/mol. The molecule has 1 amide bonds. The van der Waals surface area contributed by atoms with Crippen LogP contribution in [0.1, 0.15) is 54.4 Å². The Morgan fingerprint density at radius 2 is 1.67 bits per heavy atom. The predicted octanol–water partition coefficient (Wildman–Crippen LogP) is 1.92. The molecule has 0 bridgehead atoms. The molecule has 0 aromatic carbocycles. The minimum absolute atomic E-state index is 0.179. The van der Waals surface area contributed by atoms with Gasteiger partial charge in [-0.25, -0.2) is 0 Å². The molecule has 4 heteroatoms. The number of nitrogens with zero attached hydrogens (tertiary/aromatic N) is 1. The number of carbonyl (C=O) groups is 1. The van der Waals surface area contributed by atoms with Gasteiger partial charge in [0.15, 0.2) is 0 Å². The Hall–Kier alpha value is -0.610. The lowest BCUT2D eigenvalue weighted by atomic mass is 9.96. The van der Waals surface area contributed by atoms with Crippen LogP contribution >= 0.6 is 0 Å². The Bertz CT molecular complexity index is 300. The highest BCUT2D eigenvalue weighted by atomic mass is 16.5. The van der Waals surface area contributed by atoms with Gasteiger partial charge >= 0.3 is 0 Å². The number of hydrogen-bond acceptors (Lipinski definition) is 3. The molecular formula is C14H28N2O2. The molecule has 1 fully saturated rings. The van der Waals surface area contributed by atoms with Gasteiger partial charge in [0.05, 0.1) is 11.2 Å². The van der Waals surface area contributed by atoms with E-state index in [0.29, 0.717) is 25.9 Å². The topological polar surface area (TPSA) is 55.6 Å². The van der Waals surface area contributed by atoms with Gasteiger partial charge in [0.1, 0.15) is 0 Å². The lowest BCUT2D eigenvalue weighted by Gasteiger charge is -2.47. The van der Waals surface area contributed by atoms with Crippen molar-refractivity contribution in [3.05, 3.63) is 0 Å². The van der Waals surface area contributed by atoms with Gasteiger partial charge in [-0.1, -0.05) is 0 Å². The first-order valence-corrected chi connectivity index (χ1v) is 6.67. The zero-order valence-electron chi connectivity index (χ0n) is 12.7. The van der Waals surface area contributed by atoms with Crippen LogP contribution in [0.5, 0.6) is 0 Å². The molecule has 1 rings (SSSR count). The molecule has 2 N–H and O–H groups in total. The molecule has 18 heavy (non-hydrogen) atoms. The Morgan fingerprint density at radius 1 is 1.22 bits per heavy atom. The highest BCUT2D eigenvalue weighted by Crippen LogP contribution is 2.28. The second kappa shape index (κ2) is 4.82. The number of rotatable bonds is 3. The molecule has 0 aromatic heterocycles. The largest absolute Gasteiger partial charge is 0.366 e. The van der Waals surface area contributed by atoms with E-state index in [9.17, 15) is 4.79 Å². The summed E-state index contributed by atoms with van der Waals surface area (Å²) in [6.07, 6.45) is 1.22. The van der Waals surface area contributed by atoms with Crippen LogP contribution in [0.25, 0.3) is 0 Å². The zero-order valence-corrected chi connectivity index (χ0v) is 12.7. The lowest BCUT2D eigenvalue weighted by Crippen LogP contribution is -2.58.